The molecule has 7 nitrogen and oxygen atoms in total. The lowest BCUT2D eigenvalue weighted by Crippen LogP contribution is -2.46. The molecule has 1 aromatic rings. The van der Waals surface area contributed by atoms with Crippen LogP contribution >= 0.6 is 0 Å². The Morgan fingerprint density at radius 2 is 1.74 bits per heavy atom. The van der Waals surface area contributed by atoms with Crippen molar-refractivity contribution in [1.82, 2.24) is 9.80 Å². The first-order valence-corrected chi connectivity index (χ1v) is 13.9. The van der Waals surface area contributed by atoms with Gasteiger partial charge in [-0.1, -0.05) is 12.1 Å². The van der Waals surface area contributed by atoms with Crippen LogP contribution in [0.1, 0.15) is 64.0 Å². The van der Waals surface area contributed by atoms with Gasteiger partial charge < -0.3 is 19.3 Å². The first-order chi connectivity index (χ1) is 18.2. The highest BCUT2D eigenvalue weighted by molar-refractivity contribution is 5.73. The minimum Gasteiger partial charge on any atom is -0.469 e. The fraction of sp³-hybridized carbons (Fsp3) is 0.724. The van der Waals surface area contributed by atoms with Crippen molar-refractivity contribution in [3.05, 3.63) is 29.3 Å². The first-order valence-electron chi connectivity index (χ1n) is 13.9. The summed E-state index contributed by atoms with van der Waals surface area (Å²) in [6.45, 7) is 11.5. The van der Waals surface area contributed by atoms with Gasteiger partial charge in [-0.25, -0.2) is 4.79 Å². The lowest BCUT2D eigenvalue weighted by Gasteiger charge is -2.39. The number of carbonyl (C=O) groups excluding carboxylic acids is 2. The van der Waals surface area contributed by atoms with Gasteiger partial charge in [-0.15, -0.1) is 0 Å². The van der Waals surface area contributed by atoms with Gasteiger partial charge in [0.05, 0.1) is 13.0 Å². The maximum absolute atomic E-state index is 12.8. The molecule has 3 aliphatic heterocycles. The van der Waals surface area contributed by atoms with Crippen LogP contribution in [0.15, 0.2) is 18.2 Å². The molecule has 0 bridgehead atoms. The van der Waals surface area contributed by atoms with Crippen molar-refractivity contribution < 1.29 is 32.2 Å². The lowest BCUT2D eigenvalue weighted by atomic mass is 9.74. The number of hydrogen-bond acceptors (Lipinski definition) is 6. The standard InChI is InChI=1S/C29H42F3N3O4/c1-20-6-7-23(24(16-20)33-12-8-22(9-13-33)25(36)38-5)17-35-19-28(18-27(35,3)4)10-14-34(15-11-28)26(37)39-21(2)29(30,31)32/h6-7,16,21-22H,8-15,17-19H2,1-5H3. The zero-order chi connectivity index (χ0) is 28.6. The molecule has 218 valence electrons. The minimum atomic E-state index is -4.56. The summed E-state index contributed by atoms with van der Waals surface area (Å²) in [4.78, 5) is 30.7. The van der Waals surface area contributed by atoms with Crippen LogP contribution in [-0.4, -0.2) is 79.5 Å². The fourth-order valence-corrected chi connectivity index (χ4v) is 6.60. The molecular formula is C29H42F3N3O4. The number of likely N-dealkylation sites (tertiary alicyclic amines) is 2. The van der Waals surface area contributed by atoms with E-state index in [1.54, 1.807) is 0 Å². The molecule has 1 unspecified atom stereocenters. The van der Waals surface area contributed by atoms with Crippen molar-refractivity contribution in [2.45, 2.75) is 84.2 Å². The van der Waals surface area contributed by atoms with Crippen LogP contribution in [0.2, 0.25) is 0 Å². The molecule has 0 aromatic heterocycles. The third-order valence-corrected chi connectivity index (χ3v) is 8.98. The molecule has 1 atom stereocenters. The third kappa shape index (κ3) is 6.64. The molecule has 0 aliphatic carbocycles. The maximum atomic E-state index is 12.8. The highest BCUT2D eigenvalue weighted by Crippen LogP contribution is 2.49. The van der Waals surface area contributed by atoms with Crippen LogP contribution in [0.25, 0.3) is 0 Å². The van der Waals surface area contributed by atoms with Gasteiger partial charge in [0.25, 0.3) is 0 Å². The molecule has 0 radical (unpaired) electrons. The van der Waals surface area contributed by atoms with Gasteiger partial charge in [-0.05, 0) is 82.4 Å². The number of piperidine rings is 2. The molecule has 10 heteroatoms. The zero-order valence-corrected chi connectivity index (χ0v) is 23.8. The Labute approximate surface area is 229 Å². The van der Waals surface area contributed by atoms with Gasteiger partial charge in [-0.2, -0.15) is 13.2 Å². The van der Waals surface area contributed by atoms with E-state index < -0.39 is 18.4 Å². The van der Waals surface area contributed by atoms with Crippen molar-refractivity contribution in [1.29, 1.82) is 0 Å². The number of ether oxygens (including phenoxy) is 2. The molecular weight excluding hydrogens is 511 g/mol. The van der Waals surface area contributed by atoms with Crippen molar-refractivity contribution in [3.63, 3.8) is 0 Å². The minimum absolute atomic E-state index is 0.0135. The second-order valence-corrected chi connectivity index (χ2v) is 12.3. The average Bonchev–Trinajstić information content (AvgIpc) is 3.12. The van der Waals surface area contributed by atoms with Gasteiger partial charge in [0.2, 0.25) is 0 Å². The van der Waals surface area contributed by atoms with E-state index in [1.807, 2.05) is 0 Å². The Balaban J connectivity index is 1.41. The quantitative estimate of drug-likeness (QED) is 0.447. The maximum Gasteiger partial charge on any atom is 0.425 e. The molecule has 3 saturated heterocycles. The number of methoxy groups -OCH3 is 1. The van der Waals surface area contributed by atoms with Crippen LogP contribution in [0.4, 0.5) is 23.7 Å². The van der Waals surface area contributed by atoms with Crippen LogP contribution in [0, 0.1) is 18.3 Å². The number of halogens is 3. The number of benzene rings is 1. The van der Waals surface area contributed by atoms with E-state index in [2.05, 4.69) is 53.5 Å². The molecule has 1 spiro atoms. The van der Waals surface area contributed by atoms with Crippen LogP contribution in [0.3, 0.4) is 0 Å². The second-order valence-electron chi connectivity index (χ2n) is 12.3. The predicted octanol–water partition coefficient (Wildman–Crippen LogP) is 5.54. The number of anilines is 1. The predicted molar refractivity (Wildman–Crippen MR) is 142 cm³/mol. The monoisotopic (exact) mass is 553 g/mol. The van der Waals surface area contributed by atoms with E-state index in [0.717, 1.165) is 65.2 Å². The van der Waals surface area contributed by atoms with Gasteiger partial charge in [-0.3, -0.25) is 9.69 Å². The van der Waals surface area contributed by atoms with E-state index in [4.69, 9.17) is 4.74 Å². The molecule has 3 aliphatic rings. The van der Waals surface area contributed by atoms with Crippen molar-refractivity contribution in [2.24, 2.45) is 11.3 Å². The topological polar surface area (TPSA) is 62.3 Å². The van der Waals surface area contributed by atoms with E-state index in [9.17, 15) is 22.8 Å². The summed E-state index contributed by atoms with van der Waals surface area (Å²) in [7, 11) is 1.45. The fourth-order valence-electron chi connectivity index (χ4n) is 6.60. The Hall–Kier alpha value is -2.49. The SMILES string of the molecule is COC(=O)C1CCN(c2cc(C)ccc2CN2CC3(CCN(C(=O)OC(C)C(F)(F)F)CC3)CC2(C)C)CC1. The Morgan fingerprint density at radius 1 is 1.10 bits per heavy atom. The van der Waals surface area contributed by atoms with Crippen molar-refractivity contribution >= 4 is 17.7 Å². The Bertz CT molecular complexity index is 1040. The molecule has 3 heterocycles. The normalized spacial score (nSPS) is 22.7. The van der Waals surface area contributed by atoms with E-state index in [-0.39, 0.29) is 22.8 Å². The van der Waals surface area contributed by atoms with Gasteiger partial charge >= 0.3 is 18.2 Å². The first kappa shape index (κ1) is 29.5. The molecule has 3 fully saturated rings. The number of aryl methyl sites for hydroxylation is 1. The number of hydrogen-bond donors (Lipinski definition) is 0. The summed E-state index contributed by atoms with van der Waals surface area (Å²) in [6.07, 6.45) is -3.56. The number of rotatable bonds is 5. The molecule has 1 amide bonds. The largest absolute Gasteiger partial charge is 0.469 e. The number of amides is 1. The lowest BCUT2D eigenvalue weighted by molar-refractivity contribution is -0.200. The second kappa shape index (κ2) is 11.2. The van der Waals surface area contributed by atoms with Gasteiger partial charge in [0.15, 0.2) is 6.10 Å². The highest BCUT2D eigenvalue weighted by atomic mass is 19.4. The molecule has 1 aromatic carbocycles. The Morgan fingerprint density at radius 3 is 2.33 bits per heavy atom. The van der Waals surface area contributed by atoms with Crippen molar-refractivity contribution in [2.75, 3.05) is 44.7 Å². The van der Waals surface area contributed by atoms with E-state index >= 15 is 0 Å². The average molecular weight is 554 g/mol. The number of carbonyl (C=O) groups is 2. The summed E-state index contributed by atoms with van der Waals surface area (Å²) in [5.41, 5.74) is 3.61. The summed E-state index contributed by atoms with van der Waals surface area (Å²) in [6, 6.07) is 6.59. The van der Waals surface area contributed by atoms with Crippen LogP contribution in [0.5, 0.6) is 0 Å². The van der Waals surface area contributed by atoms with Crippen LogP contribution in [-0.2, 0) is 20.8 Å². The van der Waals surface area contributed by atoms with Crippen LogP contribution < -0.4 is 4.90 Å². The summed E-state index contributed by atoms with van der Waals surface area (Å²) in [5.74, 6) is -0.172. The molecule has 39 heavy (non-hydrogen) atoms. The summed E-state index contributed by atoms with van der Waals surface area (Å²) in [5, 5.41) is 0. The molecule has 0 saturated carbocycles. The van der Waals surface area contributed by atoms with E-state index in [1.165, 1.54) is 28.8 Å². The van der Waals surface area contributed by atoms with E-state index in [0.29, 0.717) is 13.1 Å². The van der Waals surface area contributed by atoms with Crippen molar-refractivity contribution in [3.8, 4) is 0 Å². The summed E-state index contributed by atoms with van der Waals surface area (Å²) >= 11 is 0. The smallest absolute Gasteiger partial charge is 0.425 e. The van der Waals surface area contributed by atoms with Gasteiger partial charge in [0, 0.05) is 50.5 Å². The molecule has 4 rings (SSSR count). The van der Waals surface area contributed by atoms with Gasteiger partial charge in [0.1, 0.15) is 0 Å². The summed E-state index contributed by atoms with van der Waals surface area (Å²) < 4.78 is 48.1. The zero-order valence-electron chi connectivity index (χ0n) is 23.8. The number of nitrogens with zero attached hydrogens (tertiary/aromatic N) is 3. The number of alkyl halides is 3. The molecule has 0 N–H and O–H groups in total. The highest BCUT2D eigenvalue weighted by Gasteiger charge is 2.50. The third-order valence-electron chi connectivity index (χ3n) is 8.98. The Kier molecular flexibility index (Phi) is 8.45. The number of esters is 1.